The molecule has 0 aromatic rings. The van der Waals surface area contributed by atoms with Crippen molar-refractivity contribution in [3.05, 3.63) is 0 Å². The van der Waals surface area contributed by atoms with Gasteiger partial charge in [0.15, 0.2) is 0 Å². The molecule has 0 aromatic carbocycles. The smallest absolute Gasteiger partial charge is 0.299 e. The van der Waals surface area contributed by atoms with E-state index in [4.69, 9.17) is 0 Å². The van der Waals surface area contributed by atoms with Crippen molar-refractivity contribution in [3.63, 3.8) is 0 Å². The fourth-order valence-corrected chi connectivity index (χ4v) is 4.95. The summed E-state index contributed by atoms with van der Waals surface area (Å²) in [5.41, 5.74) is 0. The summed E-state index contributed by atoms with van der Waals surface area (Å²) in [5.74, 6) is 0. The van der Waals surface area contributed by atoms with Gasteiger partial charge in [0.2, 0.25) is 0 Å². The van der Waals surface area contributed by atoms with Crippen LogP contribution in [0.3, 0.4) is 0 Å². The average Bonchev–Trinajstić information content (AvgIpc) is 2.22. The average molecular weight is 235 g/mol. The summed E-state index contributed by atoms with van der Waals surface area (Å²) in [6.45, 7) is 5.51. The molecule has 3 heterocycles. The zero-order chi connectivity index (χ0) is 11.1. The number of halogens is 1. The van der Waals surface area contributed by atoms with Crippen LogP contribution in [0.5, 0.6) is 0 Å². The van der Waals surface area contributed by atoms with E-state index < -0.39 is 8.03 Å². The first-order chi connectivity index (χ1) is 7.05. The minimum atomic E-state index is -2.70. The molecular formula is C9H21FN4P+. The maximum absolute atomic E-state index is 15.1. The maximum atomic E-state index is 15.1. The van der Waals surface area contributed by atoms with Crippen LogP contribution in [0.2, 0.25) is 0 Å². The number of likely N-dealkylation sites (N-methyl/N-ethyl adjacent to an activating group) is 3. The van der Waals surface area contributed by atoms with Gasteiger partial charge in [-0.15, -0.1) is 14.0 Å². The van der Waals surface area contributed by atoms with Crippen LogP contribution in [0.25, 0.3) is 0 Å². The summed E-state index contributed by atoms with van der Waals surface area (Å²) in [6.07, 6.45) is 0. The van der Waals surface area contributed by atoms with Crippen molar-refractivity contribution in [2.24, 2.45) is 0 Å². The van der Waals surface area contributed by atoms with Crippen molar-refractivity contribution in [2.45, 2.75) is 0 Å². The fourth-order valence-electron chi connectivity index (χ4n) is 2.36. The van der Waals surface area contributed by atoms with Crippen molar-refractivity contribution >= 4 is 8.03 Å². The maximum Gasteiger partial charge on any atom is 0.428 e. The van der Waals surface area contributed by atoms with E-state index in [9.17, 15) is 0 Å². The molecule has 88 valence electrons. The number of fused-ring (bicyclic) bond motifs is 6. The second-order valence-corrected chi connectivity index (χ2v) is 7.52. The Morgan fingerprint density at radius 2 is 1.07 bits per heavy atom. The van der Waals surface area contributed by atoms with Gasteiger partial charge in [-0.1, -0.05) is 0 Å². The normalized spacial score (nSPS) is 41.2. The molecule has 2 bridgehead atoms. The van der Waals surface area contributed by atoms with E-state index >= 15 is 4.20 Å². The van der Waals surface area contributed by atoms with Crippen LogP contribution >= 0.6 is 8.03 Å². The first-order valence-electron chi connectivity index (χ1n) is 5.51. The molecule has 0 spiro atoms. The third kappa shape index (κ3) is 1.92. The lowest BCUT2D eigenvalue weighted by molar-refractivity contribution is 0.169. The summed E-state index contributed by atoms with van der Waals surface area (Å²) in [5, 5.41) is 0. The van der Waals surface area contributed by atoms with Gasteiger partial charge in [0.1, 0.15) is 0 Å². The first kappa shape index (κ1) is 11.7. The zero-order valence-corrected chi connectivity index (χ0v) is 10.8. The van der Waals surface area contributed by atoms with Crippen molar-refractivity contribution in [1.29, 1.82) is 0 Å². The Bertz CT molecular complexity index is 204. The van der Waals surface area contributed by atoms with E-state index in [0.717, 1.165) is 39.3 Å². The Morgan fingerprint density at radius 1 is 0.733 bits per heavy atom. The second kappa shape index (κ2) is 4.22. The van der Waals surface area contributed by atoms with Crippen LogP contribution < -0.4 is 0 Å². The highest BCUT2D eigenvalue weighted by Crippen LogP contribution is 2.67. The molecule has 0 amide bonds. The van der Waals surface area contributed by atoms with Crippen molar-refractivity contribution < 1.29 is 4.20 Å². The zero-order valence-electron chi connectivity index (χ0n) is 9.86. The molecule has 3 aliphatic rings. The number of hydrogen-bond donors (Lipinski definition) is 0. The van der Waals surface area contributed by atoms with Gasteiger partial charge in [-0.2, -0.15) is 0 Å². The Kier molecular flexibility index (Phi) is 3.29. The van der Waals surface area contributed by atoms with Crippen molar-refractivity contribution in [1.82, 2.24) is 18.9 Å². The van der Waals surface area contributed by atoms with Crippen LogP contribution in [0.15, 0.2) is 0 Å². The second-order valence-electron chi connectivity index (χ2n) is 4.48. The standard InChI is InChI=1S/C9H21FN4P/c1-11-4-7-14-8-5-12(2)15(11,10)13(3)6-9-14/h4-9H2,1-3H3/q+1. The molecule has 3 rings (SSSR count). The Hall–Kier alpha value is 0.200. The highest BCUT2D eigenvalue weighted by Gasteiger charge is 2.56. The summed E-state index contributed by atoms with van der Waals surface area (Å²) in [7, 11) is 3.04. The molecule has 0 radical (unpaired) electrons. The van der Waals surface area contributed by atoms with E-state index in [1.807, 2.05) is 35.2 Å². The van der Waals surface area contributed by atoms with Gasteiger partial charge in [-0.25, -0.2) is 0 Å². The molecule has 3 aliphatic heterocycles. The number of hydrogen-bond acceptors (Lipinski definition) is 4. The lowest BCUT2D eigenvalue weighted by Gasteiger charge is -2.42. The van der Waals surface area contributed by atoms with Gasteiger partial charge >= 0.3 is 8.03 Å². The predicted molar refractivity (Wildman–Crippen MR) is 62.4 cm³/mol. The Balaban J connectivity index is 2.29. The topological polar surface area (TPSA) is 13.0 Å². The summed E-state index contributed by atoms with van der Waals surface area (Å²) in [4.78, 5) is 2.42. The number of rotatable bonds is 0. The first-order valence-corrected chi connectivity index (χ1v) is 7.05. The molecule has 0 aliphatic carbocycles. The Morgan fingerprint density at radius 3 is 1.40 bits per heavy atom. The summed E-state index contributed by atoms with van der Waals surface area (Å²) >= 11 is 0. The van der Waals surface area contributed by atoms with E-state index in [2.05, 4.69) is 4.90 Å². The SMILES string of the molecule is CN1CCN2CCN(C)[P+]1(F)N(C)CC2. The van der Waals surface area contributed by atoms with Gasteiger partial charge in [-0.3, -0.25) is 4.90 Å². The largest absolute Gasteiger partial charge is 0.428 e. The van der Waals surface area contributed by atoms with E-state index in [1.54, 1.807) is 0 Å². The monoisotopic (exact) mass is 235 g/mol. The molecule has 6 heteroatoms. The minimum Gasteiger partial charge on any atom is -0.299 e. The summed E-state index contributed by atoms with van der Waals surface area (Å²) < 4.78 is 20.8. The van der Waals surface area contributed by atoms with Gasteiger partial charge in [-0.05, 0) is 0 Å². The van der Waals surface area contributed by atoms with Crippen LogP contribution in [-0.2, 0) is 0 Å². The van der Waals surface area contributed by atoms with Crippen LogP contribution in [0, 0.1) is 0 Å². The molecular weight excluding hydrogens is 214 g/mol. The van der Waals surface area contributed by atoms with Gasteiger partial charge < -0.3 is 0 Å². The van der Waals surface area contributed by atoms with Crippen molar-refractivity contribution in [2.75, 3.05) is 60.4 Å². The summed E-state index contributed by atoms with van der Waals surface area (Å²) in [6, 6.07) is 0. The Labute approximate surface area is 92.2 Å². The van der Waals surface area contributed by atoms with Gasteiger partial charge in [0.05, 0.1) is 19.6 Å². The molecule has 0 aromatic heterocycles. The van der Waals surface area contributed by atoms with E-state index in [0.29, 0.717) is 0 Å². The molecule has 3 fully saturated rings. The van der Waals surface area contributed by atoms with E-state index in [1.165, 1.54) is 0 Å². The van der Waals surface area contributed by atoms with Gasteiger partial charge in [0, 0.05) is 45.0 Å². The lowest BCUT2D eigenvalue weighted by Crippen LogP contribution is -2.52. The third-order valence-corrected chi connectivity index (χ3v) is 6.73. The molecule has 3 saturated heterocycles. The van der Waals surface area contributed by atoms with Crippen LogP contribution in [-0.4, -0.2) is 79.3 Å². The third-order valence-electron chi connectivity index (χ3n) is 3.52. The van der Waals surface area contributed by atoms with Crippen LogP contribution in [0.4, 0.5) is 4.20 Å². The van der Waals surface area contributed by atoms with Crippen molar-refractivity contribution in [3.8, 4) is 0 Å². The predicted octanol–water partition coefficient (Wildman–Crippen LogP) is 0.758. The molecule has 0 saturated carbocycles. The molecule has 0 atom stereocenters. The molecule has 15 heavy (non-hydrogen) atoms. The minimum absolute atomic E-state index is 0.832. The molecule has 0 N–H and O–H groups in total. The lowest BCUT2D eigenvalue weighted by atomic mass is 10.4. The highest BCUT2D eigenvalue weighted by atomic mass is 31.2. The molecule has 0 unspecified atom stereocenters. The number of nitrogens with zero attached hydrogens (tertiary/aromatic N) is 4. The quantitative estimate of drug-likeness (QED) is 0.575. The van der Waals surface area contributed by atoms with Gasteiger partial charge in [0.25, 0.3) is 0 Å². The van der Waals surface area contributed by atoms with Crippen LogP contribution in [0.1, 0.15) is 0 Å². The fraction of sp³-hybridized carbons (Fsp3) is 1.00. The molecule has 4 nitrogen and oxygen atoms in total. The van der Waals surface area contributed by atoms with E-state index in [-0.39, 0.29) is 0 Å². The highest BCUT2D eigenvalue weighted by molar-refractivity contribution is 7.63.